The fourth-order valence-corrected chi connectivity index (χ4v) is 2.80. The lowest BCUT2D eigenvalue weighted by Gasteiger charge is -2.13. The average molecular weight is 278 g/mol. The molecule has 2 N–H and O–H groups in total. The number of hydrogen-bond acceptors (Lipinski definition) is 4. The van der Waals surface area contributed by atoms with Crippen LogP contribution in [0.25, 0.3) is 10.2 Å². The van der Waals surface area contributed by atoms with Gasteiger partial charge < -0.3 is 10.4 Å². The predicted octanol–water partition coefficient (Wildman–Crippen LogP) is 2.43. The largest absolute Gasteiger partial charge is 0.396 e. The van der Waals surface area contributed by atoms with Crippen LogP contribution in [0.2, 0.25) is 0 Å². The second-order valence-corrected chi connectivity index (χ2v) is 5.51. The Morgan fingerprint density at radius 1 is 1.47 bits per heavy atom. The molecule has 19 heavy (non-hydrogen) atoms. The monoisotopic (exact) mass is 278 g/mol. The molecule has 1 heterocycles. The van der Waals surface area contributed by atoms with Gasteiger partial charge in [-0.2, -0.15) is 0 Å². The fourth-order valence-electron chi connectivity index (χ4n) is 1.92. The molecule has 0 saturated heterocycles. The normalized spacial score (nSPS) is 12.5. The number of amides is 1. The smallest absolute Gasteiger partial charge is 0.280 e. The molecule has 0 saturated carbocycles. The van der Waals surface area contributed by atoms with Crippen molar-refractivity contribution in [3.05, 3.63) is 29.3 Å². The van der Waals surface area contributed by atoms with E-state index in [0.717, 1.165) is 23.1 Å². The van der Waals surface area contributed by atoms with Gasteiger partial charge in [-0.25, -0.2) is 4.98 Å². The topological polar surface area (TPSA) is 62.2 Å². The predicted molar refractivity (Wildman–Crippen MR) is 77.4 cm³/mol. The molecule has 1 amide bonds. The number of thiazole rings is 1. The number of benzene rings is 1. The van der Waals surface area contributed by atoms with Gasteiger partial charge in [0.25, 0.3) is 5.91 Å². The van der Waals surface area contributed by atoms with E-state index in [1.807, 2.05) is 24.3 Å². The number of aliphatic hydroxyl groups excluding tert-OH is 1. The Balaban J connectivity index is 1.99. The van der Waals surface area contributed by atoms with Crippen molar-refractivity contribution in [2.45, 2.75) is 19.8 Å². The van der Waals surface area contributed by atoms with Gasteiger partial charge in [0, 0.05) is 13.2 Å². The standard InChI is InChI=1S/C14H18N2O2S/c1-2-10(7-8-17)9-15-13(18)14-16-11-5-3-4-6-12(11)19-14/h3-6,10,17H,2,7-9H2,1H3,(H,15,18). The minimum atomic E-state index is -0.127. The lowest BCUT2D eigenvalue weighted by molar-refractivity contribution is 0.0943. The summed E-state index contributed by atoms with van der Waals surface area (Å²) in [5.41, 5.74) is 0.861. The minimum Gasteiger partial charge on any atom is -0.396 e. The van der Waals surface area contributed by atoms with Crippen molar-refractivity contribution >= 4 is 27.5 Å². The van der Waals surface area contributed by atoms with Crippen molar-refractivity contribution in [2.75, 3.05) is 13.2 Å². The Hall–Kier alpha value is -1.46. The summed E-state index contributed by atoms with van der Waals surface area (Å²) in [6.07, 6.45) is 1.66. The maximum Gasteiger partial charge on any atom is 0.280 e. The van der Waals surface area contributed by atoms with Crippen LogP contribution in [0.4, 0.5) is 0 Å². The number of nitrogens with zero attached hydrogens (tertiary/aromatic N) is 1. The number of carbonyl (C=O) groups excluding carboxylic acids is 1. The van der Waals surface area contributed by atoms with Gasteiger partial charge in [-0.1, -0.05) is 25.5 Å². The second-order valence-electron chi connectivity index (χ2n) is 4.48. The number of fused-ring (bicyclic) bond motifs is 1. The molecule has 0 spiro atoms. The van der Waals surface area contributed by atoms with E-state index in [4.69, 9.17) is 5.11 Å². The first-order valence-electron chi connectivity index (χ1n) is 6.49. The van der Waals surface area contributed by atoms with Gasteiger partial charge in [-0.15, -0.1) is 11.3 Å². The summed E-state index contributed by atoms with van der Waals surface area (Å²) in [5.74, 6) is 0.195. The first kappa shape index (κ1) is 14.0. The molecule has 1 unspecified atom stereocenters. The van der Waals surface area contributed by atoms with E-state index in [9.17, 15) is 4.79 Å². The summed E-state index contributed by atoms with van der Waals surface area (Å²) < 4.78 is 1.02. The van der Waals surface area contributed by atoms with Crippen LogP contribution < -0.4 is 5.32 Å². The molecular weight excluding hydrogens is 260 g/mol. The van der Waals surface area contributed by atoms with E-state index in [1.54, 1.807) is 0 Å². The van der Waals surface area contributed by atoms with Crippen LogP contribution >= 0.6 is 11.3 Å². The van der Waals surface area contributed by atoms with Gasteiger partial charge in [0.2, 0.25) is 0 Å². The highest BCUT2D eigenvalue weighted by Gasteiger charge is 2.13. The fraction of sp³-hybridized carbons (Fsp3) is 0.429. The van der Waals surface area contributed by atoms with Crippen LogP contribution in [0.5, 0.6) is 0 Å². The zero-order valence-corrected chi connectivity index (χ0v) is 11.7. The summed E-state index contributed by atoms with van der Waals surface area (Å²) >= 11 is 1.41. The molecular formula is C14H18N2O2S. The summed E-state index contributed by atoms with van der Waals surface area (Å²) in [6, 6.07) is 7.72. The molecule has 0 aliphatic heterocycles. The third-order valence-electron chi connectivity index (χ3n) is 3.15. The van der Waals surface area contributed by atoms with E-state index in [0.29, 0.717) is 17.5 Å². The molecule has 1 atom stereocenters. The average Bonchev–Trinajstić information content (AvgIpc) is 2.87. The summed E-state index contributed by atoms with van der Waals surface area (Å²) in [7, 11) is 0. The molecule has 1 aromatic carbocycles. The van der Waals surface area contributed by atoms with Crippen LogP contribution in [-0.4, -0.2) is 29.1 Å². The van der Waals surface area contributed by atoms with E-state index in [-0.39, 0.29) is 12.5 Å². The first-order valence-corrected chi connectivity index (χ1v) is 7.31. The molecule has 2 aromatic rings. The van der Waals surface area contributed by atoms with Gasteiger partial charge >= 0.3 is 0 Å². The van der Waals surface area contributed by atoms with Crippen molar-refractivity contribution in [1.29, 1.82) is 0 Å². The van der Waals surface area contributed by atoms with Crippen LogP contribution in [0.15, 0.2) is 24.3 Å². The van der Waals surface area contributed by atoms with E-state index >= 15 is 0 Å². The second kappa shape index (κ2) is 6.63. The summed E-state index contributed by atoms with van der Waals surface area (Å²) in [4.78, 5) is 16.3. The molecule has 1 aromatic heterocycles. The molecule has 4 nitrogen and oxygen atoms in total. The van der Waals surface area contributed by atoms with Gasteiger partial charge in [0.1, 0.15) is 0 Å². The summed E-state index contributed by atoms with van der Waals surface area (Å²) in [6.45, 7) is 2.81. The molecule has 0 aliphatic rings. The Labute approximate surface area is 116 Å². The molecule has 102 valence electrons. The Kier molecular flexibility index (Phi) is 4.87. The molecule has 5 heteroatoms. The van der Waals surface area contributed by atoms with Gasteiger partial charge in [-0.05, 0) is 24.5 Å². The van der Waals surface area contributed by atoms with Gasteiger partial charge in [0.05, 0.1) is 10.2 Å². The summed E-state index contributed by atoms with van der Waals surface area (Å²) in [5, 5.41) is 12.3. The van der Waals surface area contributed by atoms with Crippen LogP contribution in [0, 0.1) is 5.92 Å². The molecule has 0 radical (unpaired) electrons. The number of rotatable bonds is 6. The minimum absolute atomic E-state index is 0.127. The molecule has 0 bridgehead atoms. The maximum atomic E-state index is 12.0. The zero-order chi connectivity index (χ0) is 13.7. The SMILES string of the molecule is CCC(CCO)CNC(=O)c1nc2ccccc2s1. The van der Waals surface area contributed by atoms with E-state index < -0.39 is 0 Å². The Morgan fingerprint density at radius 2 is 2.26 bits per heavy atom. The lowest BCUT2D eigenvalue weighted by atomic mass is 10.0. The highest BCUT2D eigenvalue weighted by atomic mass is 32.1. The van der Waals surface area contributed by atoms with Crippen molar-refractivity contribution < 1.29 is 9.90 Å². The number of aromatic nitrogens is 1. The number of aliphatic hydroxyl groups is 1. The van der Waals surface area contributed by atoms with Crippen molar-refractivity contribution in [1.82, 2.24) is 10.3 Å². The van der Waals surface area contributed by atoms with Gasteiger partial charge in [0.15, 0.2) is 5.01 Å². The highest BCUT2D eigenvalue weighted by Crippen LogP contribution is 2.21. The quantitative estimate of drug-likeness (QED) is 0.853. The number of nitrogens with one attached hydrogen (secondary N) is 1. The lowest BCUT2D eigenvalue weighted by Crippen LogP contribution is -2.29. The molecule has 0 fully saturated rings. The third-order valence-corrected chi connectivity index (χ3v) is 4.19. The Morgan fingerprint density at radius 3 is 2.95 bits per heavy atom. The highest BCUT2D eigenvalue weighted by molar-refractivity contribution is 7.20. The van der Waals surface area contributed by atoms with Gasteiger partial charge in [-0.3, -0.25) is 4.79 Å². The number of carbonyl (C=O) groups is 1. The van der Waals surface area contributed by atoms with E-state index in [1.165, 1.54) is 11.3 Å². The van der Waals surface area contributed by atoms with Crippen molar-refractivity contribution in [3.8, 4) is 0 Å². The maximum absolute atomic E-state index is 12.0. The molecule has 2 rings (SSSR count). The zero-order valence-electron chi connectivity index (χ0n) is 10.9. The molecule has 0 aliphatic carbocycles. The van der Waals surface area contributed by atoms with E-state index in [2.05, 4.69) is 17.2 Å². The third kappa shape index (κ3) is 3.52. The Bertz CT molecular complexity index is 520. The van der Waals surface area contributed by atoms with Crippen LogP contribution in [0.3, 0.4) is 0 Å². The first-order chi connectivity index (χ1) is 9.24. The van der Waals surface area contributed by atoms with Crippen molar-refractivity contribution in [3.63, 3.8) is 0 Å². The van der Waals surface area contributed by atoms with Crippen LogP contribution in [0.1, 0.15) is 29.6 Å². The number of hydrogen-bond donors (Lipinski definition) is 2. The van der Waals surface area contributed by atoms with Crippen molar-refractivity contribution in [2.24, 2.45) is 5.92 Å². The number of para-hydroxylation sites is 1. The van der Waals surface area contributed by atoms with Crippen LogP contribution in [-0.2, 0) is 0 Å².